The summed E-state index contributed by atoms with van der Waals surface area (Å²) in [6, 6.07) is 10.3. The molecule has 0 spiro atoms. The van der Waals surface area contributed by atoms with Gasteiger partial charge < -0.3 is 9.80 Å². The van der Waals surface area contributed by atoms with Gasteiger partial charge in [-0.15, -0.1) is 0 Å². The number of hydrogen-bond donors (Lipinski definition) is 0. The highest BCUT2D eigenvalue weighted by atomic mass is 32.2. The van der Waals surface area contributed by atoms with Gasteiger partial charge in [-0.05, 0) is 49.1 Å². The van der Waals surface area contributed by atoms with Crippen molar-refractivity contribution in [2.45, 2.75) is 26.8 Å². The van der Waals surface area contributed by atoms with Crippen LogP contribution >= 0.6 is 11.9 Å². The Hall–Kier alpha value is -2.05. The topological polar surface area (TPSA) is 39.7 Å². The summed E-state index contributed by atoms with van der Waals surface area (Å²) in [5, 5.41) is 0. The fourth-order valence-corrected chi connectivity index (χ4v) is 4.94. The van der Waals surface area contributed by atoms with Crippen LogP contribution in [0.3, 0.4) is 0 Å². The molecular formula is C22H28N4OS. The third kappa shape index (κ3) is 4.33. The Bertz CT molecular complexity index is 825. The van der Waals surface area contributed by atoms with E-state index in [2.05, 4.69) is 46.2 Å². The lowest BCUT2D eigenvalue weighted by Gasteiger charge is -2.36. The van der Waals surface area contributed by atoms with E-state index in [0.717, 1.165) is 50.6 Å². The summed E-state index contributed by atoms with van der Waals surface area (Å²) in [5.74, 6) is 2.40. The zero-order valence-electron chi connectivity index (χ0n) is 16.7. The third-order valence-electron chi connectivity index (χ3n) is 5.44. The van der Waals surface area contributed by atoms with E-state index in [1.54, 1.807) is 0 Å². The second kappa shape index (κ2) is 8.53. The van der Waals surface area contributed by atoms with Crippen LogP contribution in [0, 0.1) is 13.8 Å². The molecule has 2 aliphatic rings. The van der Waals surface area contributed by atoms with Gasteiger partial charge in [-0.2, -0.15) is 0 Å². The number of piperazine rings is 1. The van der Waals surface area contributed by atoms with Crippen LogP contribution in [0.4, 0.5) is 5.82 Å². The molecule has 2 fully saturated rings. The van der Waals surface area contributed by atoms with Crippen molar-refractivity contribution in [3.8, 4) is 0 Å². The average molecular weight is 397 g/mol. The molecule has 5 nitrogen and oxygen atoms in total. The van der Waals surface area contributed by atoms with Crippen LogP contribution < -0.4 is 4.90 Å². The summed E-state index contributed by atoms with van der Waals surface area (Å²) in [6.07, 6.45) is 3.19. The predicted octanol–water partition coefficient (Wildman–Crippen LogP) is 3.51. The summed E-state index contributed by atoms with van der Waals surface area (Å²) in [4.78, 5) is 21.7. The van der Waals surface area contributed by atoms with Gasteiger partial charge in [0.15, 0.2) is 0 Å². The van der Waals surface area contributed by atoms with Crippen LogP contribution in [-0.4, -0.2) is 58.6 Å². The van der Waals surface area contributed by atoms with Crippen LogP contribution in [0.15, 0.2) is 36.5 Å². The lowest BCUT2D eigenvalue weighted by molar-refractivity contribution is 0.0746. The van der Waals surface area contributed by atoms with Gasteiger partial charge in [0.05, 0.1) is 0 Å². The lowest BCUT2D eigenvalue weighted by atomic mass is 10.1. The molecule has 3 heterocycles. The highest BCUT2D eigenvalue weighted by Crippen LogP contribution is 2.23. The van der Waals surface area contributed by atoms with Gasteiger partial charge in [0.25, 0.3) is 5.91 Å². The summed E-state index contributed by atoms with van der Waals surface area (Å²) in [5.41, 5.74) is 4.45. The summed E-state index contributed by atoms with van der Waals surface area (Å²) >= 11 is 1.92. The van der Waals surface area contributed by atoms with E-state index in [-0.39, 0.29) is 5.91 Å². The van der Waals surface area contributed by atoms with Crippen molar-refractivity contribution >= 4 is 23.7 Å². The maximum Gasteiger partial charge on any atom is 0.253 e. The molecule has 4 rings (SSSR count). The van der Waals surface area contributed by atoms with Crippen LogP contribution in [0.25, 0.3) is 0 Å². The molecule has 0 N–H and O–H groups in total. The van der Waals surface area contributed by atoms with Crippen molar-refractivity contribution in [2.75, 3.05) is 43.4 Å². The molecule has 0 saturated carbocycles. The molecule has 2 saturated heterocycles. The summed E-state index contributed by atoms with van der Waals surface area (Å²) in [7, 11) is 0. The van der Waals surface area contributed by atoms with E-state index < -0.39 is 0 Å². The van der Waals surface area contributed by atoms with Crippen LogP contribution in [-0.2, 0) is 6.54 Å². The zero-order chi connectivity index (χ0) is 19.5. The minimum Gasteiger partial charge on any atom is -0.353 e. The standard InChI is InChI=1S/C22H28N4OS/c1-17-14-18(2)21(23-15-17)24-9-11-25(12-10-24)22(27)20-6-4-19(5-7-20)16-26-8-3-13-28-26/h4-7,14-15H,3,8-13,16H2,1-2H3. The van der Waals surface area contributed by atoms with E-state index in [9.17, 15) is 4.79 Å². The highest BCUT2D eigenvalue weighted by Gasteiger charge is 2.23. The number of anilines is 1. The van der Waals surface area contributed by atoms with E-state index in [1.807, 2.05) is 35.2 Å². The molecule has 6 heteroatoms. The number of pyridine rings is 1. The van der Waals surface area contributed by atoms with E-state index in [0.29, 0.717) is 0 Å². The molecule has 1 aromatic heterocycles. The van der Waals surface area contributed by atoms with Gasteiger partial charge in [0.2, 0.25) is 0 Å². The van der Waals surface area contributed by atoms with Crippen molar-refractivity contribution in [3.63, 3.8) is 0 Å². The van der Waals surface area contributed by atoms with E-state index in [1.165, 1.54) is 28.9 Å². The maximum atomic E-state index is 12.9. The second-order valence-corrected chi connectivity index (χ2v) is 8.86. The Morgan fingerprint density at radius 1 is 1.07 bits per heavy atom. The van der Waals surface area contributed by atoms with Crippen LogP contribution in [0.2, 0.25) is 0 Å². The highest BCUT2D eigenvalue weighted by molar-refractivity contribution is 7.97. The minimum absolute atomic E-state index is 0.135. The zero-order valence-corrected chi connectivity index (χ0v) is 17.5. The molecule has 28 heavy (non-hydrogen) atoms. The van der Waals surface area contributed by atoms with Crippen LogP contribution in [0.5, 0.6) is 0 Å². The molecular weight excluding hydrogens is 368 g/mol. The number of carbonyl (C=O) groups is 1. The Morgan fingerprint density at radius 2 is 1.82 bits per heavy atom. The average Bonchev–Trinajstić information content (AvgIpc) is 3.21. The molecule has 0 aliphatic carbocycles. The Kier molecular flexibility index (Phi) is 5.87. The monoisotopic (exact) mass is 396 g/mol. The van der Waals surface area contributed by atoms with Crippen molar-refractivity contribution < 1.29 is 4.79 Å². The molecule has 1 amide bonds. The first kappa shape index (κ1) is 19.3. The smallest absolute Gasteiger partial charge is 0.253 e. The van der Waals surface area contributed by atoms with Gasteiger partial charge in [-0.3, -0.25) is 4.79 Å². The molecule has 2 aliphatic heterocycles. The molecule has 0 unspecified atom stereocenters. The molecule has 148 valence electrons. The van der Waals surface area contributed by atoms with Crippen molar-refractivity contribution in [1.29, 1.82) is 0 Å². The second-order valence-electron chi connectivity index (χ2n) is 7.68. The number of rotatable bonds is 4. The molecule has 0 atom stereocenters. The first-order valence-corrected chi connectivity index (χ1v) is 11.0. The number of nitrogens with zero attached hydrogens (tertiary/aromatic N) is 4. The molecule has 0 bridgehead atoms. The first-order valence-electron chi connectivity index (χ1n) is 10.0. The minimum atomic E-state index is 0.135. The predicted molar refractivity (Wildman–Crippen MR) is 116 cm³/mol. The normalized spacial score (nSPS) is 17.9. The van der Waals surface area contributed by atoms with Crippen molar-refractivity contribution in [3.05, 3.63) is 58.8 Å². The lowest BCUT2D eigenvalue weighted by Crippen LogP contribution is -2.49. The van der Waals surface area contributed by atoms with Crippen molar-refractivity contribution in [2.24, 2.45) is 0 Å². The molecule has 0 radical (unpaired) electrons. The number of amides is 1. The number of hydrogen-bond acceptors (Lipinski definition) is 5. The summed E-state index contributed by atoms with van der Waals surface area (Å²) < 4.78 is 2.40. The summed E-state index contributed by atoms with van der Waals surface area (Å²) in [6.45, 7) is 9.41. The quantitative estimate of drug-likeness (QED) is 0.740. The van der Waals surface area contributed by atoms with Gasteiger partial charge in [0.1, 0.15) is 5.82 Å². The Morgan fingerprint density at radius 3 is 2.46 bits per heavy atom. The van der Waals surface area contributed by atoms with Gasteiger partial charge in [0, 0.05) is 56.8 Å². The number of aromatic nitrogens is 1. The SMILES string of the molecule is Cc1cnc(N2CCN(C(=O)c3ccc(CN4CCCS4)cc3)CC2)c(C)c1. The Balaban J connectivity index is 1.34. The largest absolute Gasteiger partial charge is 0.353 e. The number of aryl methyl sites for hydroxylation is 2. The van der Waals surface area contributed by atoms with Gasteiger partial charge >= 0.3 is 0 Å². The molecule has 1 aromatic carbocycles. The van der Waals surface area contributed by atoms with Gasteiger partial charge in [-0.1, -0.05) is 30.1 Å². The third-order valence-corrected chi connectivity index (χ3v) is 6.59. The van der Waals surface area contributed by atoms with E-state index >= 15 is 0 Å². The Labute approximate surface area is 171 Å². The fourth-order valence-electron chi connectivity index (χ4n) is 3.92. The van der Waals surface area contributed by atoms with Crippen LogP contribution in [0.1, 0.15) is 33.5 Å². The fraction of sp³-hybridized carbons (Fsp3) is 0.455. The number of carbonyl (C=O) groups excluding carboxylic acids is 1. The van der Waals surface area contributed by atoms with Crippen molar-refractivity contribution in [1.82, 2.24) is 14.2 Å². The van der Waals surface area contributed by atoms with Gasteiger partial charge in [-0.25, -0.2) is 9.29 Å². The molecule has 2 aromatic rings. The number of benzene rings is 1. The van der Waals surface area contributed by atoms with E-state index in [4.69, 9.17) is 0 Å². The first-order chi connectivity index (χ1) is 13.6. The maximum absolute atomic E-state index is 12.9.